The van der Waals surface area contributed by atoms with E-state index in [9.17, 15) is 0 Å². The molecule has 10 heavy (non-hydrogen) atoms. The fourth-order valence-corrected chi connectivity index (χ4v) is 0.204. The van der Waals surface area contributed by atoms with E-state index in [0.717, 1.165) is 5.71 Å². The van der Waals surface area contributed by atoms with Gasteiger partial charge >= 0.3 is 0 Å². The summed E-state index contributed by atoms with van der Waals surface area (Å²) < 4.78 is 0. The van der Waals surface area contributed by atoms with E-state index in [1.54, 1.807) is 6.08 Å². The van der Waals surface area contributed by atoms with E-state index in [4.69, 9.17) is 4.84 Å². The first-order chi connectivity index (χ1) is 4.81. The Morgan fingerprint density at radius 2 is 2.10 bits per heavy atom. The highest BCUT2D eigenvalue weighted by Gasteiger charge is 1.77. The van der Waals surface area contributed by atoms with Crippen LogP contribution >= 0.6 is 0 Å². The third-order valence-corrected chi connectivity index (χ3v) is 0.633. The van der Waals surface area contributed by atoms with Gasteiger partial charge in [-0.3, -0.25) is 0 Å². The average molecular weight is 143 g/mol. The molecule has 0 aliphatic carbocycles. The minimum absolute atomic E-state index is 0.616. The van der Waals surface area contributed by atoms with E-state index in [2.05, 4.69) is 11.7 Å². The van der Waals surface area contributed by atoms with Crippen LogP contribution in [0.2, 0.25) is 0 Å². The topological polar surface area (TPSA) is 21.6 Å². The first-order valence-corrected chi connectivity index (χ1v) is 3.60. The van der Waals surface area contributed by atoms with Gasteiger partial charge < -0.3 is 4.84 Å². The molecule has 0 saturated carbocycles. The van der Waals surface area contributed by atoms with E-state index in [1.165, 1.54) is 0 Å². The first-order valence-electron chi connectivity index (χ1n) is 3.60. The highest BCUT2D eigenvalue weighted by Crippen LogP contribution is 1.79. The maximum absolute atomic E-state index is 4.70. The third-order valence-electron chi connectivity index (χ3n) is 0.633. The largest absolute Gasteiger partial charge is 0.396 e. The molecule has 0 aromatic heterocycles. The Balaban J connectivity index is 0. The molecular weight excluding hydrogens is 126 g/mol. The normalized spacial score (nSPS) is 9.40. The molecule has 0 rings (SSSR count). The van der Waals surface area contributed by atoms with E-state index in [-0.39, 0.29) is 0 Å². The predicted molar refractivity (Wildman–Crippen MR) is 46.3 cm³/mol. The van der Waals surface area contributed by atoms with Crippen molar-refractivity contribution in [3.63, 3.8) is 0 Å². The first kappa shape index (κ1) is 11.9. The maximum Gasteiger partial charge on any atom is 0.114 e. The van der Waals surface area contributed by atoms with Crippen molar-refractivity contribution in [3.8, 4) is 0 Å². The van der Waals surface area contributed by atoms with Crippen molar-refractivity contribution in [3.05, 3.63) is 12.7 Å². The van der Waals surface area contributed by atoms with Gasteiger partial charge in [0.1, 0.15) is 6.61 Å². The van der Waals surface area contributed by atoms with Crippen LogP contribution in [0.3, 0.4) is 0 Å². The molecule has 0 fully saturated rings. The van der Waals surface area contributed by atoms with Crippen molar-refractivity contribution in [1.82, 2.24) is 0 Å². The number of oxime groups is 1. The molecule has 2 heteroatoms. The van der Waals surface area contributed by atoms with E-state index < -0.39 is 0 Å². The lowest BCUT2D eigenvalue weighted by Gasteiger charge is -1.90. The highest BCUT2D eigenvalue weighted by molar-refractivity contribution is 5.91. The van der Waals surface area contributed by atoms with Gasteiger partial charge in [0.25, 0.3) is 0 Å². The van der Waals surface area contributed by atoms with Gasteiger partial charge in [0, 0.05) is 0 Å². The fourth-order valence-electron chi connectivity index (χ4n) is 0.204. The number of allylic oxidation sites excluding steroid dienone is 1. The van der Waals surface area contributed by atoms with Gasteiger partial charge in [-0.2, -0.15) is 0 Å². The molecule has 0 unspecified atom stereocenters. The lowest BCUT2D eigenvalue weighted by molar-refractivity contribution is 0.159. The smallest absolute Gasteiger partial charge is 0.114 e. The number of hydrogen-bond acceptors (Lipinski definition) is 2. The molecule has 60 valence electrons. The molecule has 0 bridgehead atoms. The molecule has 0 aliphatic rings. The molecular formula is C8H17NO. The Bertz CT molecular complexity index is 97.4. The monoisotopic (exact) mass is 143 g/mol. The standard InChI is InChI=1S/C6H11NO.C2H6/c1-4-6(3)7-8-5-2;1-2/h4H,1,5H2,2-3H3;1-2H3/b7-6-;. The summed E-state index contributed by atoms with van der Waals surface area (Å²) in [6, 6.07) is 0. The molecule has 2 nitrogen and oxygen atoms in total. The summed E-state index contributed by atoms with van der Waals surface area (Å²) >= 11 is 0. The summed E-state index contributed by atoms with van der Waals surface area (Å²) in [5.41, 5.74) is 0.812. The number of hydrogen-bond donors (Lipinski definition) is 0. The molecule has 0 spiro atoms. The summed E-state index contributed by atoms with van der Waals surface area (Å²) in [5.74, 6) is 0. The van der Waals surface area contributed by atoms with Crippen LogP contribution in [0.4, 0.5) is 0 Å². The van der Waals surface area contributed by atoms with Gasteiger partial charge in [0.05, 0.1) is 5.71 Å². The van der Waals surface area contributed by atoms with Crippen LogP contribution in [-0.2, 0) is 4.84 Å². The van der Waals surface area contributed by atoms with Crippen LogP contribution in [0.15, 0.2) is 17.8 Å². The van der Waals surface area contributed by atoms with Gasteiger partial charge in [-0.05, 0) is 19.9 Å². The third kappa shape index (κ3) is 10.2. The second kappa shape index (κ2) is 11.1. The minimum Gasteiger partial charge on any atom is -0.396 e. The van der Waals surface area contributed by atoms with Crippen molar-refractivity contribution < 1.29 is 4.84 Å². The summed E-state index contributed by atoms with van der Waals surface area (Å²) in [7, 11) is 0. The molecule has 0 heterocycles. The molecule has 0 atom stereocenters. The van der Waals surface area contributed by atoms with Crippen LogP contribution in [0.25, 0.3) is 0 Å². The van der Waals surface area contributed by atoms with E-state index in [0.29, 0.717) is 6.61 Å². The molecule has 0 aliphatic heterocycles. The minimum atomic E-state index is 0.616. The molecule has 0 radical (unpaired) electrons. The Morgan fingerprint density at radius 3 is 2.40 bits per heavy atom. The highest BCUT2D eigenvalue weighted by atomic mass is 16.6. The summed E-state index contributed by atoms with van der Waals surface area (Å²) in [6.45, 7) is 11.8. The average Bonchev–Trinajstić information content (AvgIpc) is 2.04. The lowest BCUT2D eigenvalue weighted by Crippen LogP contribution is -1.86. The van der Waals surface area contributed by atoms with E-state index in [1.807, 2.05) is 27.7 Å². The van der Waals surface area contributed by atoms with Crippen LogP contribution in [0, 0.1) is 0 Å². The summed E-state index contributed by atoms with van der Waals surface area (Å²) in [4.78, 5) is 4.70. The Morgan fingerprint density at radius 1 is 1.60 bits per heavy atom. The molecule has 0 aromatic rings. The van der Waals surface area contributed by atoms with Gasteiger partial charge in [-0.15, -0.1) is 0 Å². The summed E-state index contributed by atoms with van der Waals surface area (Å²) in [5, 5.41) is 3.66. The van der Waals surface area contributed by atoms with Crippen molar-refractivity contribution in [2.45, 2.75) is 27.7 Å². The molecule has 0 saturated heterocycles. The van der Waals surface area contributed by atoms with Gasteiger partial charge in [-0.25, -0.2) is 0 Å². The molecule has 0 N–H and O–H groups in total. The second-order valence-electron chi connectivity index (χ2n) is 1.35. The van der Waals surface area contributed by atoms with Crippen LogP contribution in [0.1, 0.15) is 27.7 Å². The Labute approximate surface area is 63.6 Å². The van der Waals surface area contributed by atoms with Crippen LogP contribution < -0.4 is 0 Å². The van der Waals surface area contributed by atoms with Gasteiger partial charge in [0.2, 0.25) is 0 Å². The SMILES string of the molecule is C=C/C(C)=N\OCC.CC. The second-order valence-corrected chi connectivity index (χ2v) is 1.35. The zero-order valence-electron chi connectivity index (χ0n) is 7.35. The Hall–Kier alpha value is -0.790. The molecule has 0 amide bonds. The quantitative estimate of drug-likeness (QED) is 0.439. The Kier molecular flexibility index (Phi) is 13.2. The zero-order chi connectivity index (χ0) is 8.41. The van der Waals surface area contributed by atoms with Crippen molar-refractivity contribution in [2.24, 2.45) is 5.16 Å². The number of rotatable bonds is 3. The van der Waals surface area contributed by atoms with Gasteiger partial charge in [-0.1, -0.05) is 25.6 Å². The fraction of sp³-hybridized carbons (Fsp3) is 0.625. The molecule has 0 aromatic carbocycles. The van der Waals surface area contributed by atoms with Gasteiger partial charge in [0.15, 0.2) is 0 Å². The van der Waals surface area contributed by atoms with Crippen LogP contribution in [0.5, 0.6) is 0 Å². The summed E-state index contributed by atoms with van der Waals surface area (Å²) in [6.07, 6.45) is 1.65. The van der Waals surface area contributed by atoms with Crippen LogP contribution in [-0.4, -0.2) is 12.3 Å². The maximum atomic E-state index is 4.70. The number of nitrogens with zero attached hydrogens (tertiary/aromatic N) is 1. The predicted octanol–water partition coefficient (Wildman–Crippen LogP) is 2.61. The van der Waals surface area contributed by atoms with Crippen molar-refractivity contribution in [2.75, 3.05) is 6.61 Å². The lowest BCUT2D eigenvalue weighted by atomic mass is 10.4. The zero-order valence-corrected chi connectivity index (χ0v) is 7.35. The van der Waals surface area contributed by atoms with E-state index >= 15 is 0 Å². The van der Waals surface area contributed by atoms with Crippen molar-refractivity contribution >= 4 is 5.71 Å². The van der Waals surface area contributed by atoms with Crippen molar-refractivity contribution in [1.29, 1.82) is 0 Å².